The highest BCUT2D eigenvalue weighted by Crippen LogP contribution is 2.62. The van der Waals surface area contributed by atoms with Gasteiger partial charge in [-0.1, -0.05) is 113 Å². The van der Waals surface area contributed by atoms with E-state index in [1.54, 1.807) is 41.3 Å². The summed E-state index contributed by atoms with van der Waals surface area (Å²) >= 11 is 0. The standard InChI is InChI=1S/C54H72FN3O10/c1-4-6-7-8-9-10-11-12-13-18-33-65-53(61)57(38-39-24-26-41(55)27-25-39)50-37-48(56-64-3)46-34-40(20-14-16-30-59)45(23-15-17-31-60)51-47-36-44(67-43-22-19-21-42(35-43)58(62)63)28-29-49(47)68-54(50,52(46)51)66-32-5-2/h5,19,21-22,24-29,34-36,40,45,50-52,59-60H,2,4,6-18,20,23,30-33,37-38H2,1,3H3/t40-,45+,50-,51+,52+,54+/m0/s1. The van der Waals surface area contributed by atoms with Crippen molar-refractivity contribution in [2.24, 2.45) is 22.9 Å². The Morgan fingerprint density at radius 3 is 2.29 bits per heavy atom. The van der Waals surface area contributed by atoms with Crippen LogP contribution >= 0.6 is 0 Å². The maximum absolute atomic E-state index is 14.9. The minimum atomic E-state index is -1.55. The minimum Gasteiger partial charge on any atom is -0.459 e. The fourth-order valence-corrected chi connectivity index (χ4v) is 10.5. The van der Waals surface area contributed by atoms with Crippen molar-refractivity contribution >= 4 is 17.5 Å². The second kappa shape index (κ2) is 26.4. The molecule has 0 radical (unpaired) electrons. The highest BCUT2D eigenvalue weighted by molar-refractivity contribution is 6.03. The fourth-order valence-electron chi connectivity index (χ4n) is 10.5. The van der Waals surface area contributed by atoms with Crippen LogP contribution in [0.1, 0.15) is 133 Å². The number of hydrogen-bond acceptors (Lipinski definition) is 11. The molecule has 68 heavy (non-hydrogen) atoms. The monoisotopic (exact) mass is 942 g/mol. The average molecular weight is 942 g/mol. The molecule has 1 aliphatic heterocycles. The molecule has 1 heterocycles. The first-order chi connectivity index (χ1) is 33.2. The van der Waals surface area contributed by atoms with Crippen LogP contribution in [0.25, 0.3) is 0 Å². The van der Waals surface area contributed by atoms with Gasteiger partial charge < -0.3 is 34.0 Å². The maximum atomic E-state index is 14.9. The summed E-state index contributed by atoms with van der Waals surface area (Å²) in [7, 11) is 1.50. The molecule has 1 amide bonds. The molecule has 1 saturated carbocycles. The number of carbonyl (C=O) groups is 1. The molecule has 1 fully saturated rings. The van der Waals surface area contributed by atoms with Crippen molar-refractivity contribution in [1.29, 1.82) is 0 Å². The lowest BCUT2D eigenvalue weighted by Gasteiger charge is -2.59. The highest BCUT2D eigenvalue weighted by Gasteiger charge is 2.65. The van der Waals surface area contributed by atoms with E-state index in [4.69, 9.17) is 23.8 Å². The Labute approximate surface area is 401 Å². The number of halogens is 1. The maximum Gasteiger partial charge on any atom is 0.410 e. The topological polar surface area (TPSA) is 162 Å². The summed E-state index contributed by atoms with van der Waals surface area (Å²) in [4.78, 5) is 33.3. The molecule has 0 bridgehead atoms. The number of unbranched alkanes of at least 4 members (excludes halogenated alkanes) is 11. The van der Waals surface area contributed by atoms with Crippen LogP contribution in [0.3, 0.4) is 0 Å². The summed E-state index contributed by atoms with van der Waals surface area (Å²) < 4.78 is 41.3. The zero-order chi connectivity index (χ0) is 48.3. The van der Waals surface area contributed by atoms with Crippen LogP contribution in [0.5, 0.6) is 17.2 Å². The quantitative estimate of drug-likeness (QED) is 0.0296. The van der Waals surface area contributed by atoms with E-state index in [2.05, 4.69) is 24.7 Å². The largest absolute Gasteiger partial charge is 0.459 e. The number of oxime groups is 1. The van der Waals surface area contributed by atoms with Crippen LogP contribution in [0.15, 0.2) is 96.2 Å². The van der Waals surface area contributed by atoms with Crippen LogP contribution < -0.4 is 9.47 Å². The summed E-state index contributed by atoms with van der Waals surface area (Å²) in [6.45, 7) is 6.69. The van der Waals surface area contributed by atoms with Gasteiger partial charge in [0.05, 0.1) is 35.8 Å². The number of non-ortho nitro benzene ring substituents is 1. The molecule has 6 atom stereocenters. The number of allylic oxidation sites excluding steroid dienone is 1. The molecule has 6 rings (SSSR count). The van der Waals surface area contributed by atoms with Crippen molar-refractivity contribution in [3.63, 3.8) is 0 Å². The lowest BCUT2D eigenvalue weighted by atomic mass is 9.55. The number of benzene rings is 3. The molecular weight excluding hydrogens is 870 g/mol. The molecule has 0 saturated heterocycles. The number of fused-ring (bicyclic) bond motifs is 2. The summed E-state index contributed by atoms with van der Waals surface area (Å²) in [5.74, 6) is -1.66. The Morgan fingerprint density at radius 1 is 0.926 bits per heavy atom. The van der Waals surface area contributed by atoms with E-state index in [9.17, 15) is 29.5 Å². The summed E-state index contributed by atoms with van der Waals surface area (Å²) in [5.41, 5.74) is 2.89. The SMILES string of the molecule is C=CCO[C@@]12Oc3ccc(Oc4cccc([N+](=O)[O-])c4)cc3[C@H]3[C@H](CCCCO)[C@@H](CCCCO)C=C(C(=NOC)C[C@@H]1N(Cc1ccc(F)cc1)C(=O)OCCCCCCCCCCCC)[C@H]32. The zero-order valence-electron chi connectivity index (χ0n) is 40.0. The van der Waals surface area contributed by atoms with Crippen molar-refractivity contribution in [3.8, 4) is 17.2 Å². The Hall–Kier alpha value is -5.31. The molecule has 2 aliphatic carbocycles. The second-order valence-electron chi connectivity index (χ2n) is 18.4. The number of carbonyl (C=O) groups excluding carboxylic acids is 1. The number of rotatable bonds is 29. The van der Waals surface area contributed by atoms with Crippen molar-refractivity contribution in [2.45, 2.75) is 140 Å². The van der Waals surface area contributed by atoms with Gasteiger partial charge in [-0.15, -0.1) is 6.58 Å². The van der Waals surface area contributed by atoms with Crippen LogP contribution in [0, 0.1) is 33.7 Å². The van der Waals surface area contributed by atoms with E-state index in [1.165, 1.54) is 69.9 Å². The van der Waals surface area contributed by atoms with Gasteiger partial charge in [0.15, 0.2) is 0 Å². The minimum absolute atomic E-state index is 0.000780. The van der Waals surface area contributed by atoms with Crippen molar-refractivity contribution in [1.82, 2.24) is 4.90 Å². The van der Waals surface area contributed by atoms with Gasteiger partial charge in [-0.25, -0.2) is 9.18 Å². The Bertz CT molecular complexity index is 2150. The van der Waals surface area contributed by atoms with Gasteiger partial charge in [0.25, 0.3) is 5.69 Å². The molecule has 3 aliphatic rings. The molecule has 14 heteroatoms. The fraction of sp³-hybridized carbons (Fsp3) is 0.556. The zero-order valence-corrected chi connectivity index (χ0v) is 40.0. The van der Waals surface area contributed by atoms with Gasteiger partial charge in [-0.3, -0.25) is 15.0 Å². The van der Waals surface area contributed by atoms with Crippen molar-refractivity contribution in [2.75, 3.05) is 33.5 Å². The smallest absolute Gasteiger partial charge is 0.410 e. The van der Waals surface area contributed by atoms with E-state index < -0.39 is 34.6 Å². The van der Waals surface area contributed by atoms with Gasteiger partial charge in [0.2, 0.25) is 5.79 Å². The van der Waals surface area contributed by atoms with E-state index in [0.717, 1.165) is 56.1 Å². The lowest BCUT2D eigenvalue weighted by molar-refractivity contribution is -0.384. The van der Waals surface area contributed by atoms with E-state index in [-0.39, 0.29) is 62.8 Å². The Kier molecular flexibility index (Phi) is 20.3. The number of hydrogen-bond donors (Lipinski definition) is 2. The van der Waals surface area contributed by atoms with Crippen molar-refractivity contribution in [3.05, 3.63) is 118 Å². The Morgan fingerprint density at radius 2 is 1.62 bits per heavy atom. The summed E-state index contributed by atoms with van der Waals surface area (Å²) in [6, 6.07) is 16.7. The number of nitro groups is 1. The van der Waals surface area contributed by atoms with Gasteiger partial charge in [0, 0.05) is 43.7 Å². The van der Waals surface area contributed by atoms with Gasteiger partial charge in [-0.2, -0.15) is 0 Å². The lowest BCUT2D eigenvalue weighted by Crippen LogP contribution is -2.70. The first kappa shape index (κ1) is 52.1. The van der Waals surface area contributed by atoms with E-state index in [1.807, 2.05) is 12.1 Å². The van der Waals surface area contributed by atoms with Gasteiger partial charge in [-0.05, 0) is 91.5 Å². The molecule has 3 aromatic rings. The molecule has 0 spiro atoms. The van der Waals surface area contributed by atoms with Crippen LogP contribution in [-0.2, 0) is 20.9 Å². The molecule has 2 N–H and O–H groups in total. The summed E-state index contributed by atoms with van der Waals surface area (Å²) in [5, 5.41) is 36.2. The normalized spacial score (nSPS) is 22.0. The van der Waals surface area contributed by atoms with Gasteiger partial charge >= 0.3 is 6.09 Å². The highest BCUT2D eigenvalue weighted by atomic mass is 19.1. The molecule has 0 unspecified atom stereocenters. The third kappa shape index (κ3) is 13.3. The number of aliphatic hydroxyl groups excluding tert-OH is 2. The third-order valence-electron chi connectivity index (χ3n) is 13.7. The number of aliphatic hydroxyl groups is 2. The molecule has 3 aromatic carbocycles. The number of nitrogens with zero attached hydrogens (tertiary/aromatic N) is 3. The van der Waals surface area contributed by atoms with Crippen molar-refractivity contribution < 1.29 is 48.1 Å². The number of amides is 1. The van der Waals surface area contributed by atoms with Crippen LogP contribution in [0.4, 0.5) is 14.9 Å². The second-order valence-corrected chi connectivity index (χ2v) is 18.4. The predicted octanol–water partition coefficient (Wildman–Crippen LogP) is 12.3. The molecule has 0 aromatic heterocycles. The first-order valence-corrected chi connectivity index (χ1v) is 24.9. The van der Waals surface area contributed by atoms with Crippen LogP contribution in [-0.4, -0.2) is 77.2 Å². The summed E-state index contributed by atoms with van der Waals surface area (Å²) in [6.07, 6.45) is 19.1. The third-order valence-corrected chi connectivity index (χ3v) is 13.7. The van der Waals surface area contributed by atoms with E-state index >= 15 is 0 Å². The Balaban J connectivity index is 1.44. The average Bonchev–Trinajstić information content (AvgIpc) is 3.34. The van der Waals surface area contributed by atoms with Crippen LogP contribution in [0.2, 0.25) is 0 Å². The molecule has 13 nitrogen and oxygen atoms in total. The molecule has 370 valence electrons. The first-order valence-electron chi connectivity index (χ1n) is 24.9. The number of ether oxygens (including phenoxy) is 4. The van der Waals surface area contributed by atoms with E-state index in [0.29, 0.717) is 47.8 Å². The molecular formula is C54H72FN3O10. The predicted molar refractivity (Wildman–Crippen MR) is 260 cm³/mol. The van der Waals surface area contributed by atoms with Gasteiger partial charge in [0.1, 0.15) is 36.2 Å². The number of nitro benzene ring substituents is 1.